The molecular formula is C71H75IO. The Balaban J connectivity index is 0.000000244. The molecule has 0 N–H and O–H groups in total. The van der Waals surface area contributed by atoms with Gasteiger partial charge in [0.1, 0.15) is 5.75 Å². The number of benzene rings is 7. The summed E-state index contributed by atoms with van der Waals surface area (Å²) in [4.78, 5) is 0. The van der Waals surface area contributed by atoms with Gasteiger partial charge in [0, 0.05) is 37.0 Å². The third-order valence-electron chi connectivity index (χ3n) is 12.6. The van der Waals surface area contributed by atoms with Crippen LogP contribution in [0.1, 0.15) is 161 Å². The highest BCUT2D eigenvalue weighted by Crippen LogP contribution is 2.22. The van der Waals surface area contributed by atoms with Gasteiger partial charge in [-0.15, -0.1) is 12.8 Å². The molecule has 1 nitrogen and oxygen atoms in total. The van der Waals surface area contributed by atoms with E-state index in [0.717, 1.165) is 63.3 Å². The maximum absolute atomic E-state index is 5.91. The first-order valence-corrected chi connectivity index (χ1v) is 27.9. The van der Waals surface area contributed by atoms with Crippen molar-refractivity contribution in [2.45, 2.75) is 130 Å². The van der Waals surface area contributed by atoms with Gasteiger partial charge in [-0.25, -0.2) is 0 Å². The Morgan fingerprint density at radius 1 is 0.356 bits per heavy atom. The zero-order chi connectivity index (χ0) is 51.6. The van der Waals surface area contributed by atoms with E-state index < -0.39 is 0 Å². The molecule has 0 atom stereocenters. The number of ether oxygens (including phenoxy) is 1. The number of unbranched alkanes of at least 4 members (excludes halogenated alkanes) is 14. The molecule has 0 aromatic heterocycles. The zero-order valence-electron chi connectivity index (χ0n) is 43.8. The smallest absolute Gasteiger partial charge is 0.119 e. The van der Waals surface area contributed by atoms with E-state index in [0.29, 0.717) is 0 Å². The lowest BCUT2D eigenvalue weighted by molar-refractivity contribution is 0.304. The van der Waals surface area contributed by atoms with E-state index in [9.17, 15) is 0 Å². The highest BCUT2D eigenvalue weighted by molar-refractivity contribution is 14.1. The van der Waals surface area contributed by atoms with Gasteiger partial charge in [0.15, 0.2) is 0 Å². The Labute approximate surface area is 455 Å². The van der Waals surface area contributed by atoms with Gasteiger partial charge >= 0.3 is 0 Å². The van der Waals surface area contributed by atoms with Crippen molar-refractivity contribution in [3.63, 3.8) is 0 Å². The maximum Gasteiger partial charge on any atom is 0.119 e. The molecule has 0 spiro atoms. The Kier molecular flexibility index (Phi) is 27.1. The average molecular weight is 1070 g/mol. The fourth-order valence-corrected chi connectivity index (χ4v) is 8.47. The van der Waals surface area contributed by atoms with Crippen LogP contribution < -0.4 is 4.74 Å². The molecule has 0 saturated heterocycles. The van der Waals surface area contributed by atoms with E-state index in [-0.39, 0.29) is 0 Å². The summed E-state index contributed by atoms with van der Waals surface area (Å²) < 4.78 is 7.25. The minimum atomic E-state index is 0.788. The van der Waals surface area contributed by atoms with Crippen molar-refractivity contribution in [3.05, 3.63) is 218 Å². The first kappa shape index (κ1) is 57.2. The molecule has 0 saturated carbocycles. The predicted molar refractivity (Wildman–Crippen MR) is 323 cm³/mol. The fourth-order valence-electron chi connectivity index (χ4n) is 8.11. The molecule has 0 aliphatic rings. The summed E-state index contributed by atoms with van der Waals surface area (Å²) in [5.41, 5.74) is 13.2. The van der Waals surface area contributed by atoms with E-state index >= 15 is 0 Å². The van der Waals surface area contributed by atoms with E-state index in [1.165, 1.54) is 129 Å². The van der Waals surface area contributed by atoms with Crippen LogP contribution in [0.4, 0.5) is 0 Å². The minimum Gasteiger partial charge on any atom is -0.494 e. The summed E-state index contributed by atoms with van der Waals surface area (Å²) in [5.74, 6) is 19.2. The van der Waals surface area contributed by atoms with Crippen LogP contribution in [0.25, 0.3) is 22.3 Å². The monoisotopic (exact) mass is 1070 g/mol. The van der Waals surface area contributed by atoms with Gasteiger partial charge in [0.05, 0.1) is 6.61 Å². The quantitative estimate of drug-likeness (QED) is 0.0396. The van der Waals surface area contributed by atoms with E-state index in [4.69, 9.17) is 17.6 Å². The topological polar surface area (TPSA) is 9.23 Å². The van der Waals surface area contributed by atoms with Crippen LogP contribution in [-0.2, 0) is 6.42 Å². The standard InChI is InChI=1S/C39H40O.C16H25I.C16H10/c1-3-4-5-6-7-8-9-10-31-40-39-29-23-36(24-30-39)18-17-35-21-27-38(28-22-35)37-25-19-34(20-26-37)16-15-33-13-11-32(2)12-14-33;1-2-3-4-5-6-7-8-9-10-15-11-13-16(17)14-12-15;1-3-13-5-9-15(10-6-13)16-11-7-14(4-2)8-12-16/h11-14,19-30H,3-10,31H2,1-2H3;11-14H,2-10H2,1H3;1-2,5-12H. The molecule has 0 heterocycles. The first-order valence-electron chi connectivity index (χ1n) is 26.8. The maximum atomic E-state index is 5.91. The second-order valence-electron chi connectivity index (χ2n) is 18.7. The molecule has 0 aliphatic heterocycles. The number of halogens is 1. The normalized spacial score (nSPS) is 10.1. The Hall–Kier alpha value is -6.69. The molecular weight excluding hydrogens is 996 g/mol. The van der Waals surface area contributed by atoms with Gasteiger partial charge in [-0.1, -0.05) is 218 Å². The summed E-state index contributed by atoms with van der Waals surface area (Å²) in [6.45, 7) is 7.42. The van der Waals surface area contributed by atoms with Gasteiger partial charge in [0.2, 0.25) is 0 Å². The molecule has 0 amide bonds. The third kappa shape index (κ3) is 23.2. The third-order valence-corrected chi connectivity index (χ3v) is 13.4. The Morgan fingerprint density at radius 2 is 0.671 bits per heavy atom. The Bertz CT molecular complexity index is 2760. The number of terminal acetylenes is 2. The second-order valence-corrected chi connectivity index (χ2v) is 19.9. The van der Waals surface area contributed by atoms with Gasteiger partial charge in [-0.05, 0) is 174 Å². The lowest BCUT2D eigenvalue weighted by atomic mass is 10.0. The van der Waals surface area contributed by atoms with E-state index in [2.05, 4.69) is 176 Å². The second kappa shape index (κ2) is 34.6. The van der Waals surface area contributed by atoms with Crippen LogP contribution in [0.2, 0.25) is 0 Å². The van der Waals surface area contributed by atoms with Gasteiger partial charge < -0.3 is 4.74 Å². The van der Waals surface area contributed by atoms with Crippen molar-refractivity contribution in [2.24, 2.45) is 0 Å². The number of hydrogen-bond acceptors (Lipinski definition) is 1. The van der Waals surface area contributed by atoms with Gasteiger partial charge in [-0.3, -0.25) is 0 Å². The molecule has 0 fully saturated rings. The fraction of sp³-hybridized carbons (Fsp3) is 0.296. The van der Waals surface area contributed by atoms with Crippen LogP contribution in [0.3, 0.4) is 0 Å². The molecule has 0 unspecified atom stereocenters. The lowest BCUT2D eigenvalue weighted by Gasteiger charge is -2.06. The summed E-state index contributed by atoms with van der Waals surface area (Å²) in [6.07, 6.45) is 33.6. The van der Waals surface area contributed by atoms with Crippen LogP contribution in [0, 0.1) is 58.9 Å². The summed E-state index contributed by atoms with van der Waals surface area (Å²) in [6, 6.07) is 58.0. The molecule has 0 bridgehead atoms. The van der Waals surface area contributed by atoms with E-state index in [1.807, 2.05) is 72.8 Å². The van der Waals surface area contributed by atoms with Crippen LogP contribution in [0.5, 0.6) is 5.75 Å². The molecule has 2 heteroatoms. The molecule has 0 aliphatic carbocycles. The molecule has 7 aromatic rings. The average Bonchev–Trinajstić information content (AvgIpc) is 3.44. The molecule has 7 rings (SSSR count). The number of hydrogen-bond donors (Lipinski definition) is 0. The highest BCUT2D eigenvalue weighted by atomic mass is 127. The predicted octanol–water partition coefficient (Wildman–Crippen LogP) is 19.3. The minimum absolute atomic E-state index is 0.788. The summed E-state index contributed by atoms with van der Waals surface area (Å²) >= 11 is 2.36. The van der Waals surface area contributed by atoms with Crippen molar-refractivity contribution in [1.29, 1.82) is 0 Å². The summed E-state index contributed by atoms with van der Waals surface area (Å²) in [7, 11) is 0. The summed E-state index contributed by atoms with van der Waals surface area (Å²) in [5, 5.41) is 0. The molecule has 0 radical (unpaired) electrons. The Morgan fingerprint density at radius 3 is 1.04 bits per heavy atom. The first-order chi connectivity index (χ1) is 35.8. The van der Waals surface area contributed by atoms with Crippen molar-refractivity contribution in [3.8, 4) is 76.4 Å². The highest BCUT2D eigenvalue weighted by Gasteiger charge is 2.01. The van der Waals surface area contributed by atoms with Crippen LogP contribution in [0.15, 0.2) is 170 Å². The molecule has 73 heavy (non-hydrogen) atoms. The van der Waals surface area contributed by atoms with Crippen LogP contribution >= 0.6 is 22.6 Å². The zero-order valence-corrected chi connectivity index (χ0v) is 46.0. The molecule has 7 aromatic carbocycles. The number of aryl methyl sites for hydroxylation is 2. The van der Waals surface area contributed by atoms with Crippen molar-refractivity contribution >= 4 is 22.6 Å². The van der Waals surface area contributed by atoms with Crippen molar-refractivity contribution in [2.75, 3.05) is 6.61 Å². The number of rotatable bonds is 21. The van der Waals surface area contributed by atoms with Gasteiger partial charge in [-0.2, -0.15) is 0 Å². The largest absolute Gasteiger partial charge is 0.494 e. The van der Waals surface area contributed by atoms with Crippen LogP contribution in [-0.4, -0.2) is 6.61 Å². The van der Waals surface area contributed by atoms with Crippen molar-refractivity contribution < 1.29 is 4.74 Å². The van der Waals surface area contributed by atoms with Gasteiger partial charge in [0.25, 0.3) is 0 Å². The SMILES string of the molecule is C#Cc1ccc(-c2ccc(C#C)cc2)cc1.CCCCCCCCCCOc1ccc(C#Cc2ccc(-c3ccc(C#Cc4ccc(C)cc4)cc3)cc2)cc1.CCCCCCCCCCc1ccc(I)cc1. The van der Waals surface area contributed by atoms with Crippen molar-refractivity contribution in [1.82, 2.24) is 0 Å². The molecule has 372 valence electrons. The van der Waals surface area contributed by atoms with E-state index in [1.54, 1.807) is 0 Å². The lowest BCUT2D eigenvalue weighted by Crippen LogP contribution is -1.97.